The van der Waals surface area contributed by atoms with Crippen molar-refractivity contribution in [2.75, 3.05) is 19.0 Å². The molecule has 1 unspecified atom stereocenters. The van der Waals surface area contributed by atoms with E-state index >= 15 is 0 Å². The molecule has 0 bridgehead atoms. The lowest BCUT2D eigenvalue weighted by atomic mass is 10.1. The maximum Gasteiger partial charge on any atom is 0.317 e. The third-order valence-corrected chi connectivity index (χ3v) is 4.70. The first kappa shape index (κ1) is 17.5. The summed E-state index contributed by atoms with van der Waals surface area (Å²) in [5.74, 6) is 2.05. The molecule has 6 nitrogen and oxygen atoms in total. The highest BCUT2D eigenvalue weighted by molar-refractivity contribution is 5.34. The molecule has 0 aliphatic heterocycles. The van der Waals surface area contributed by atoms with Crippen molar-refractivity contribution in [2.45, 2.75) is 31.5 Å². The Morgan fingerprint density at radius 3 is 2.56 bits per heavy atom. The molecule has 0 spiro atoms. The molecular weight excluding hydrogens is 340 g/mol. The van der Waals surface area contributed by atoms with E-state index in [0.717, 1.165) is 12.2 Å². The average molecular weight is 364 g/mol. The first-order valence-electron chi connectivity index (χ1n) is 9.19. The van der Waals surface area contributed by atoms with Crippen LogP contribution in [0.2, 0.25) is 0 Å². The van der Waals surface area contributed by atoms with Crippen molar-refractivity contribution in [3.8, 4) is 5.75 Å². The number of aromatic nitrogens is 2. The molecule has 1 N–H and O–H groups in total. The third-order valence-electron chi connectivity index (χ3n) is 4.70. The standard InChI is InChI=1S/C21H24N4O2/c1-25(2)21-24-23-20(27-21)13-22-19-12-18(19)16-8-10-17(11-9-16)26-14-15-6-4-3-5-7-15/h3-11,18-19,22H,12-14H2,1-2H3/t18?,19-/m1/s1. The summed E-state index contributed by atoms with van der Waals surface area (Å²) in [5, 5.41) is 11.5. The topological polar surface area (TPSA) is 63.4 Å². The number of hydrogen-bond donors (Lipinski definition) is 1. The van der Waals surface area contributed by atoms with E-state index in [-0.39, 0.29) is 0 Å². The molecule has 1 heterocycles. The molecule has 1 saturated carbocycles. The minimum Gasteiger partial charge on any atom is -0.489 e. The van der Waals surface area contributed by atoms with Gasteiger partial charge in [-0.05, 0) is 29.7 Å². The van der Waals surface area contributed by atoms with Gasteiger partial charge < -0.3 is 19.4 Å². The van der Waals surface area contributed by atoms with Crippen LogP contribution in [-0.2, 0) is 13.2 Å². The van der Waals surface area contributed by atoms with Crippen molar-refractivity contribution in [3.63, 3.8) is 0 Å². The minimum absolute atomic E-state index is 0.454. The molecule has 0 saturated heterocycles. The minimum atomic E-state index is 0.454. The number of rotatable bonds is 8. The second-order valence-electron chi connectivity index (χ2n) is 7.05. The largest absolute Gasteiger partial charge is 0.489 e. The second-order valence-corrected chi connectivity index (χ2v) is 7.05. The summed E-state index contributed by atoms with van der Waals surface area (Å²) in [6.45, 7) is 1.19. The van der Waals surface area contributed by atoms with Crippen LogP contribution in [0.4, 0.5) is 6.01 Å². The Bertz CT molecular complexity index is 861. The Hall–Kier alpha value is -2.86. The van der Waals surface area contributed by atoms with Crippen LogP contribution in [0, 0.1) is 0 Å². The van der Waals surface area contributed by atoms with Gasteiger partial charge in [-0.1, -0.05) is 47.6 Å². The van der Waals surface area contributed by atoms with Gasteiger partial charge >= 0.3 is 6.01 Å². The van der Waals surface area contributed by atoms with Crippen LogP contribution in [-0.4, -0.2) is 30.3 Å². The highest BCUT2D eigenvalue weighted by Crippen LogP contribution is 2.41. The Kier molecular flexibility index (Phi) is 5.07. The van der Waals surface area contributed by atoms with E-state index in [1.165, 1.54) is 11.1 Å². The fourth-order valence-corrected chi connectivity index (χ4v) is 3.06. The van der Waals surface area contributed by atoms with Gasteiger partial charge in [0.15, 0.2) is 0 Å². The van der Waals surface area contributed by atoms with Crippen molar-refractivity contribution < 1.29 is 9.15 Å². The Morgan fingerprint density at radius 2 is 1.85 bits per heavy atom. The van der Waals surface area contributed by atoms with Gasteiger partial charge in [-0.2, -0.15) is 0 Å². The lowest BCUT2D eigenvalue weighted by molar-refractivity contribution is 0.306. The van der Waals surface area contributed by atoms with Crippen molar-refractivity contribution >= 4 is 6.01 Å². The third kappa shape index (κ3) is 4.46. The molecule has 1 aliphatic carbocycles. The first-order valence-corrected chi connectivity index (χ1v) is 9.19. The molecule has 1 fully saturated rings. The Morgan fingerprint density at radius 1 is 1.07 bits per heavy atom. The Balaban J connectivity index is 1.25. The summed E-state index contributed by atoms with van der Waals surface area (Å²) in [4.78, 5) is 1.80. The lowest BCUT2D eigenvalue weighted by Gasteiger charge is -2.07. The maximum absolute atomic E-state index is 5.85. The average Bonchev–Trinajstić information content (AvgIpc) is 3.31. The molecule has 140 valence electrons. The van der Waals surface area contributed by atoms with Gasteiger partial charge in [0.2, 0.25) is 5.89 Å². The zero-order valence-corrected chi connectivity index (χ0v) is 15.6. The number of ether oxygens (including phenoxy) is 1. The molecule has 0 radical (unpaired) electrons. The molecule has 1 aliphatic rings. The summed E-state index contributed by atoms with van der Waals surface area (Å²) in [7, 11) is 3.77. The van der Waals surface area contributed by atoms with Crippen LogP contribution in [0.15, 0.2) is 59.0 Å². The first-order chi connectivity index (χ1) is 13.2. The van der Waals surface area contributed by atoms with Gasteiger partial charge in [0.05, 0.1) is 6.54 Å². The summed E-state index contributed by atoms with van der Waals surface area (Å²) in [5.41, 5.74) is 2.51. The van der Waals surface area contributed by atoms with Crippen LogP contribution < -0.4 is 15.0 Å². The van der Waals surface area contributed by atoms with E-state index < -0.39 is 0 Å². The number of anilines is 1. The number of benzene rings is 2. The van der Waals surface area contributed by atoms with Gasteiger partial charge in [-0.25, -0.2) is 0 Å². The van der Waals surface area contributed by atoms with E-state index in [2.05, 4.69) is 51.9 Å². The molecule has 27 heavy (non-hydrogen) atoms. The summed E-state index contributed by atoms with van der Waals surface area (Å²) >= 11 is 0. The molecule has 3 aromatic rings. The van der Waals surface area contributed by atoms with E-state index in [0.29, 0.717) is 37.0 Å². The monoisotopic (exact) mass is 364 g/mol. The molecule has 2 aromatic carbocycles. The SMILES string of the molecule is CN(C)c1nnc(CN[C@@H]2CC2c2ccc(OCc3ccccc3)cc2)o1. The van der Waals surface area contributed by atoms with Crippen molar-refractivity contribution in [3.05, 3.63) is 71.6 Å². The van der Waals surface area contributed by atoms with Crippen LogP contribution in [0.25, 0.3) is 0 Å². The van der Waals surface area contributed by atoms with E-state index in [1.807, 2.05) is 32.3 Å². The summed E-state index contributed by atoms with van der Waals surface area (Å²) in [6, 6.07) is 19.6. The zero-order valence-electron chi connectivity index (χ0n) is 15.6. The lowest BCUT2D eigenvalue weighted by Crippen LogP contribution is -2.17. The van der Waals surface area contributed by atoms with Crippen LogP contribution >= 0.6 is 0 Å². The second kappa shape index (κ2) is 7.80. The summed E-state index contributed by atoms with van der Waals surface area (Å²) in [6.07, 6.45) is 1.12. The van der Waals surface area contributed by atoms with E-state index in [4.69, 9.17) is 9.15 Å². The molecule has 1 aromatic heterocycles. The smallest absolute Gasteiger partial charge is 0.317 e. The van der Waals surface area contributed by atoms with Gasteiger partial charge in [-0.3, -0.25) is 0 Å². The fourth-order valence-electron chi connectivity index (χ4n) is 3.06. The molecule has 6 heteroatoms. The van der Waals surface area contributed by atoms with Crippen molar-refractivity contribution in [1.29, 1.82) is 0 Å². The molecule has 0 amide bonds. The molecule has 4 rings (SSSR count). The fraction of sp³-hybridized carbons (Fsp3) is 0.333. The molecular formula is C21H24N4O2. The number of nitrogens with zero attached hydrogens (tertiary/aromatic N) is 3. The van der Waals surface area contributed by atoms with Gasteiger partial charge in [0, 0.05) is 26.1 Å². The molecule has 2 atom stereocenters. The Labute approximate surface area is 159 Å². The van der Waals surface area contributed by atoms with Crippen LogP contribution in [0.1, 0.15) is 29.4 Å². The van der Waals surface area contributed by atoms with Crippen LogP contribution in [0.5, 0.6) is 5.75 Å². The summed E-state index contributed by atoms with van der Waals surface area (Å²) < 4.78 is 11.4. The number of hydrogen-bond acceptors (Lipinski definition) is 6. The maximum atomic E-state index is 5.85. The van der Waals surface area contributed by atoms with Gasteiger partial charge in [0.1, 0.15) is 12.4 Å². The highest BCUT2D eigenvalue weighted by Gasteiger charge is 2.38. The number of nitrogens with one attached hydrogen (secondary N) is 1. The van der Waals surface area contributed by atoms with E-state index in [9.17, 15) is 0 Å². The predicted octanol–water partition coefficient (Wildman–Crippen LogP) is 3.36. The quantitative estimate of drug-likeness (QED) is 0.661. The highest BCUT2D eigenvalue weighted by atomic mass is 16.5. The van der Waals surface area contributed by atoms with Gasteiger partial charge in [-0.15, -0.1) is 5.10 Å². The normalized spacial score (nSPS) is 18.3. The van der Waals surface area contributed by atoms with E-state index in [1.54, 1.807) is 4.90 Å². The van der Waals surface area contributed by atoms with Crippen molar-refractivity contribution in [2.24, 2.45) is 0 Å². The van der Waals surface area contributed by atoms with Gasteiger partial charge in [0.25, 0.3) is 0 Å². The zero-order chi connectivity index (χ0) is 18.6. The predicted molar refractivity (Wildman–Crippen MR) is 104 cm³/mol. The van der Waals surface area contributed by atoms with Crippen molar-refractivity contribution in [1.82, 2.24) is 15.5 Å². The van der Waals surface area contributed by atoms with Crippen LogP contribution in [0.3, 0.4) is 0 Å².